The summed E-state index contributed by atoms with van der Waals surface area (Å²) in [4.78, 5) is 16.5. The largest absolute Gasteiger partial charge is 0.417 e. The highest BCUT2D eigenvalue weighted by Gasteiger charge is 2.18. The Morgan fingerprint density at radius 2 is 2.24 bits per heavy atom. The molecular weight excluding hydrogens is 304 g/mol. The molecule has 0 fully saturated rings. The first-order chi connectivity index (χ1) is 10.2. The molecule has 0 saturated heterocycles. The van der Waals surface area contributed by atoms with Crippen LogP contribution in [-0.4, -0.2) is 10.7 Å². The van der Waals surface area contributed by atoms with Crippen LogP contribution in [0.4, 0.5) is 0 Å². The van der Waals surface area contributed by atoms with E-state index in [-0.39, 0.29) is 6.04 Å². The lowest BCUT2D eigenvalue weighted by molar-refractivity contribution is 0.555. The van der Waals surface area contributed by atoms with Gasteiger partial charge in [0.2, 0.25) is 0 Å². The summed E-state index contributed by atoms with van der Waals surface area (Å²) in [6, 6.07) is 7.71. The molecule has 4 nitrogen and oxygen atoms in total. The van der Waals surface area contributed by atoms with E-state index in [2.05, 4.69) is 11.1 Å². The standard InChI is InChI=1S/C15H14N2O2S2/c16-14(13-6-9-7-20-4-3-12(9)21-13)8-1-2-10-11(5-8)19-15(18)17-10/h1-2,5-6,14H,3-4,7,16H2,(H,17,18). The van der Waals surface area contributed by atoms with Crippen molar-refractivity contribution in [3.63, 3.8) is 0 Å². The van der Waals surface area contributed by atoms with Crippen LogP contribution in [0, 0.1) is 0 Å². The first kappa shape index (κ1) is 13.2. The fourth-order valence-electron chi connectivity index (χ4n) is 2.64. The molecule has 21 heavy (non-hydrogen) atoms. The maximum Gasteiger partial charge on any atom is 0.417 e. The molecule has 1 atom stereocenters. The fourth-order valence-corrected chi connectivity index (χ4v) is 5.05. The van der Waals surface area contributed by atoms with E-state index in [0.717, 1.165) is 17.7 Å². The molecule has 3 aromatic rings. The molecule has 0 aliphatic carbocycles. The maximum atomic E-state index is 11.2. The van der Waals surface area contributed by atoms with Gasteiger partial charge < -0.3 is 10.2 Å². The number of fused-ring (bicyclic) bond motifs is 2. The number of oxazole rings is 1. The summed E-state index contributed by atoms with van der Waals surface area (Å²) in [5.74, 6) is 1.85. The number of aromatic nitrogens is 1. The quantitative estimate of drug-likeness (QED) is 0.762. The van der Waals surface area contributed by atoms with Crippen LogP contribution in [-0.2, 0) is 12.2 Å². The molecule has 1 aromatic carbocycles. The van der Waals surface area contributed by atoms with E-state index in [1.54, 1.807) is 0 Å². The van der Waals surface area contributed by atoms with E-state index in [1.165, 1.54) is 21.1 Å². The second-order valence-electron chi connectivity index (χ2n) is 5.15. The Labute approximate surface area is 129 Å². The van der Waals surface area contributed by atoms with Gasteiger partial charge in [0.05, 0.1) is 11.6 Å². The van der Waals surface area contributed by atoms with Gasteiger partial charge in [-0.05, 0) is 41.5 Å². The molecule has 4 rings (SSSR count). The molecule has 0 amide bonds. The molecule has 1 unspecified atom stereocenters. The number of thiophene rings is 1. The van der Waals surface area contributed by atoms with E-state index in [4.69, 9.17) is 10.2 Å². The number of aromatic amines is 1. The second-order valence-corrected chi connectivity index (χ2v) is 7.42. The van der Waals surface area contributed by atoms with Crippen LogP contribution >= 0.6 is 23.1 Å². The van der Waals surface area contributed by atoms with Gasteiger partial charge in [-0.1, -0.05) is 6.07 Å². The summed E-state index contributed by atoms with van der Waals surface area (Å²) in [7, 11) is 0. The lowest BCUT2D eigenvalue weighted by Crippen LogP contribution is -2.09. The predicted molar refractivity (Wildman–Crippen MR) is 87.1 cm³/mol. The average Bonchev–Trinajstić information content (AvgIpc) is 3.07. The number of nitrogens with one attached hydrogen (secondary N) is 1. The molecule has 1 aliphatic rings. The summed E-state index contributed by atoms with van der Waals surface area (Å²) in [5.41, 5.74) is 10.1. The number of rotatable bonds is 2. The number of aryl methyl sites for hydroxylation is 1. The normalized spacial score (nSPS) is 16.0. The average molecular weight is 318 g/mol. The van der Waals surface area contributed by atoms with Crippen LogP contribution in [0.2, 0.25) is 0 Å². The molecular formula is C15H14N2O2S2. The molecule has 0 radical (unpaired) electrons. The Morgan fingerprint density at radius 3 is 3.10 bits per heavy atom. The maximum absolute atomic E-state index is 11.2. The van der Waals surface area contributed by atoms with Crippen molar-refractivity contribution in [2.45, 2.75) is 18.2 Å². The summed E-state index contributed by atoms with van der Waals surface area (Å²) in [6.07, 6.45) is 1.14. The highest BCUT2D eigenvalue weighted by molar-refractivity contribution is 7.98. The number of nitrogens with two attached hydrogens (primary N) is 1. The van der Waals surface area contributed by atoms with Crippen molar-refractivity contribution in [1.82, 2.24) is 4.98 Å². The minimum absolute atomic E-state index is 0.171. The summed E-state index contributed by atoms with van der Waals surface area (Å²) in [6.45, 7) is 0. The van der Waals surface area contributed by atoms with Gasteiger partial charge in [0.25, 0.3) is 0 Å². The topological polar surface area (TPSA) is 72.0 Å². The van der Waals surface area contributed by atoms with Crippen LogP contribution in [0.5, 0.6) is 0 Å². The highest BCUT2D eigenvalue weighted by Crippen LogP contribution is 2.36. The third-order valence-corrected chi connectivity index (χ3v) is 6.09. The molecule has 3 N–H and O–H groups in total. The highest BCUT2D eigenvalue weighted by atomic mass is 32.2. The molecule has 1 aliphatic heterocycles. The Balaban J connectivity index is 1.73. The van der Waals surface area contributed by atoms with Gasteiger partial charge in [-0.3, -0.25) is 4.98 Å². The van der Waals surface area contributed by atoms with Gasteiger partial charge in [-0.25, -0.2) is 4.79 Å². The van der Waals surface area contributed by atoms with Crippen molar-refractivity contribution in [3.8, 4) is 0 Å². The van der Waals surface area contributed by atoms with Gasteiger partial charge in [-0.2, -0.15) is 11.8 Å². The molecule has 3 heterocycles. The first-order valence-electron chi connectivity index (χ1n) is 6.78. The third-order valence-electron chi connectivity index (χ3n) is 3.76. The van der Waals surface area contributed by atoms with Gasteiger partial charge in [-0.15, -0.1) is 11.3 Å². The van der Waals surface area contributed by atoms with Gasteiger partial charge in [0.1, 0.15) is 0 Å². The second kappa shape index (κ2) is 5.05. The van der Waals surface area contributed by atoms with Crippen molar-refractivity contribution in [1.29, 1.82) is 0 Å². The summed E-state index contributed by atoms with van der Waals surface area (Å²) < 4.78 is 5.11. The monoisotopic (exact) mass is 318 g/mol. The van der Waals surface area contributed by atoms with Gasteiger partial charge in [0, 0.05) is 15.5 Å². The van der Waals surface area contributed by atoms with E-state index in [9.17, 15) is 4.79 Å². The predicted octanol–water partition coefficient (Wildman–Crippen LogP) is 3.02. The lowest BCUT2D eigenvalue weighted by Gasteiger charge is -2.09. The van der Waals surface area contributed by atoms with Gasteiger partial charge >= 0.3 is 5.76 Å². The number of hydrogen-bond donors (Lipinski definition) is 2. The van der Waals surface area contributed by atoms with Crippen molar-refractivity contribution < 1.29 is 4.42 Å². The van der Waals surface area contributed by atoms with E-state index in [0.29, 0.717) is 11.1 Å². The van der Waals surface area contributed by atoms with Crippen LogP contribution in [0.15, 0.2) is 33.5 Å². The van der Waals surface area contributed by atoms with Crippen LogP contribution in [0.1, 0.15) is 26.9 Å². The number of hydrogen-bond acceptors (Lipinski definition) is 5. The molecule has 108 valence electrons. The molecule has 0 bridgehead atoms. The van der Waals surface area contributed by atoms with E-state index >= 15 is 0 Å². The van der Waals surface area contributed by atoms with E-state index in [1.807, 2.05) is 41.3 Å². The molecule has 2 aromatic heterocycles. The zero-order chi connectivity index (χ0) is 14.4. The minimum Gasteiger partial charge on any atom is -0.408 e. The van der Waals surface area contributed by atoms with Crippen molar-refractivity contribution in [3.05, 3.63) is 55.7 Å². The number of thioether (sulfide) groups is 1. The van der Waals surface area contributed by atoms with Crippen molar-refractivity contribution in [2.24, 2.45) is 5.73 Å². The number of benzene rings is 1. The van der Waals surface area contributed by atoms with Crippen molar-refractivity contribution >= 4 is 34.2 Å². The Kier molecular flexibility index (Phi) is 3.17. The molecule has 6 heteroatoms. The lowest BCUT2D eigenvalue weighted by atomic mass is 10.0. The van der Waals surface area contributed by atoms with Gasteiger partial charge in [0.15, 0.2) is 5.58 Å². The summed E-state index contributed by atoms with van der Waals surface area (Å²) >= 11 is 3.79. The first-order valence-corrected chi connectivity index (χ1v) is 8.75. The smallest absolute Gasteiger partial charge is 0.408 e. The summed E-state index contributed by atoms with van der Waals surface area (Å²) in [5, 5.41) is 0. The van der Waals surface area contributed by atoms with E-state index < -0.39 is 5.76 Å². The Hall–Kier alpha value is -1.50. The Morgan fingerprint density at radius 1 is 1.33 bits per heavy atom. The zero-order valence-electron chi connectivity index (χ0n) is 11.2. The molecule has 0 spiro atoms. The van der Waals surface area contributed by atoms with Crippen LogP contribution in [0.3, 0.4) is 0 Å². The molecule has 0 saturated carbocycles. The number of H-pyrrole nitrogens is 1. The minimum atomic E-state index is -0.431. The Bertz CT molecular complexity index is 839. The zero-order valence-corrected chi connectivity index (χ0v) is 12.9. The SMILES string of the molecule is NC(c1ccc2[nH]c(=O)oc2c1)c1cc2c(s1)CCSC2. The fraction of sp³-hybridized carbons (Fsp3) is 0.267. The van der Waals surface area contributed by atoms with Crippen molar-refractivity contribution in [2.75, 3.05) is 5.75 Å². The van der Waals surface area contributed by atoms with Crippen LogP contribution in [0.25, 0.3) is 11.1 Å². The third kappa shape index (κ3) is 2.33. The van der Waals surface area contributed by atoms with Crippen LogP contribution < -0.4 is 11.5 Å².